The quantitative estimate of drug-likeness (QED) is 0.547. The van der Waals surface area contributed by atoms with Gasteiger partial charge in [-0.2, -0.15) is 0 Å². The van der Waals surface area contributed by atoms with E-state index in [4.69, 9.17) is 0 Å². The highest BCUT2D eigenvalue weighted by atomic mass is 31.1. The Labute approximate surface area is 132 Å². The van der Waals surface area contributed by atoms with E-state index < -0.39 is 8.07 Å². The summed E-state index contributed by atoms with van der Waals surface area (Å²) in [5.74, 6) is 0. The van der Waals surface area contributed by atoms with Crippen LogP contribution in [-0.2, 0) is 0 Å². The van der Waals surface area contributed by atoms with Crippen molar-refractivity contribution in [2.45, 2.75) is 32.5 Å². The van der Waals surface area contributed by atoms with Crippen LogP contribution in [0.3, 0.4) is 0 Å². The summed E-state index contributed by atoms with van der Waals surface area (Å²) < 4.78 is 0. The van der Waals surface area contributed by atoms with Crippen molar-refractivity contribution in [2.75, 3.05) is 13.3 Å². The molecule has 0 spiro atoms. The third-order valence-corrected chi connectivity index (χ3v) is 10.8. The van der Waals surface area contributed by atoms with Crippen LogP contribution in [-0.4, -0.2) is 21.4 Å². The van der Waals surface area contributed by atoms with E-state index in [-0.39, 0.29) is 7.92 Å². The number of rotatable bonds is 4. The minimum atomic E-state index is -1.36. The molecule has 0 unspecified atom stereocenters. The van der Waals surface area contributed by atoms with Gasteiger partial charge in [0.25, 0.3) is 0 Å². The van der Waals surface area contributed by atoms with Crippen LogP contribution in [0.25, 0.3) is 11.1 Å². The molecular weight excluding hydrogens is 287 g/mol. The fraction of sp³-hybridized carbons (Fsp3) is 0.368. The van der Waals surface area contributed by atoms with Crippen LogP contribution in [0.2, 0.25) is 18.6 Å². The van der Waals surface area contributed by atoms with E-state index in [1.165, 1.54) is 16.4 Å². The molecule has 0 aliphatic carbocycles. The Morgan fingerprint density at radius 2 is 1.57 bits per heavy atom. The van der Waals surface area contributed by atoms with Gasteiger partial charge in [-0.05, 0) is 35.3 Å². The standard InChI is InChI=1S/C19H27PSi/c1-15(2)21(5,6)17-11-9-10-16(14-17)18-12-7-8-13-19(18)20(3)4/h7-15H,1-6H3. The minimum Gasteiger partial charge on any atom is -0.0810 e. The summed E-state index contributed by atoms with van der Waals surface area (Å²) in [6, 6.07) is 18.2. The van der Waals surface area contributed by atoms with Crippen LogP contribution in [0.1, 0.15) is 13.8 Å². The third kappa shape index (κ3) is 3.47. The molecule has 2 rings (SSSR count). The first-order valence-electron chi connectivity index (χ1n) is 7.71. The van der Waals surface area contributed by atoms with E-state index in [1.807, 2.05) is 0 Å². The Morgan fingerprint density at radius 1 is 0.905 bits per heavy atom. The molecule has 0 radical (unpaired) electrons. The fourth-order valence-corrected chi connectivity index (χ4v) is 5.32. The summed E-state index contributed by atoms with van der Waals surface area (Å²) >= 11 is 0. The Hall–Kier alpha value is -0.913. The van der Waals surface area contributed by atoms with Crippen LogP contribution in [0.5, 0.6) is 0 Å². The molecule has 0 saturated heterocycles. The largest absolute Gasteiger partial charge is 0.0831 e. The minimum absolute atomic E-state index is 0.0788. The lowest BCUT2D eigenvalue weighted by molar-refractivity contribution is 1.02. The van der Waals surface area contributed by atoms with E-state index in [0.717, 1.165) is 5.54 Å². The molecule has 2 heteroatoms. The van der Waals surface area contributed by atoms with Gasteiger partial charge >= 0.3 is 0 Å². The molecular formula is C19H27PSi. The molecule has 0 aliphatic heterocycles. The molecule has 21 heavy (non-hydrogen) atoms. The molecule has 112 valence electrons. The zero-order valence-electron chi connectivity index (χ0n) is 14.1. The second-order valence-corrected chi connectivity index (χ2v) is 14.3. The van der Waals surface area contributed by atoms with E-state index in [9.17, 15) is 0 Å². The fourth-order valence-electron chi connectivity index (χ4n) is 2.53. The van der Waals surface area contributed by atoms with Crippen LogP contribution < -0.4 is 10.5 Å². The summed E-state index contributed by atoms with van der Waals surface area (Å²) in [7, 11) is -1.44. The van der Waals surface area contributed by atoms with Gasteiger partial charge in [-0.3, -0.25) is 0 Å². The SMILES string of the molecule is CC(C)[Si](C)(C)c1cccc(-c2ccccc2P(C)C)c1. The molecule has 0 heterocycles. The van der Waals surface area contributed by atoms with Crippen molar-refractivity contribution >= 4 is 26.5 Å². The van der Waals surface area contributed by atoms with Crippen LogP contribution in [0.4, 0.5) is 0 Å². The molecule has 0 nitrogen and oxygen atoms in total. The molecule has 0 amide bonds. The Kier molecular flexibility index (Phi) is 5.06. The van der Waals surface area contributed by atoms with E-state index in [0.29, 0.717) is 0 Å². The highest BCUT2D eigenvalue weighted by Gasteiger charge is 2.27. The van der Waals surface area contributed by atoms with Crippen molar-refractivity contribution in [3.05, 3.63) is 48.5 Å². The lowest BCUT2D eigenvalue weighted by Gasteiger charge is -2.28. The van der Waals surface area contributed by atoms with Gasteiger partial charge in [-0.1, -0.05) is 88.6 Å². The van der Waals surface area contributed by atoms with Crippen molar-refractivity contribution in [3.8, 4) is 11.1 Å². The first-order chi connectivity index (χ1) is 9.84. The van der Waals surface area contributed by atoms with Crippen LogP contribution >= 0.6 is 7.92 Å². The van der Waals surface area contributed by atoms with Crippen LogP contribution in [0, 0.1) is 0 Å². The average Bonchev–Trinajstić information content (AvgIpc) is 2.47. The Bertz CT molecular complexity index is 614. The zero-order chi connectivity index (χ0) is 15.6. The van der Waals surface area contributed by atoms with Gasteiger partial charge in [-0.25, -0.2) is 0 Å². The number of hydrogen-bond acceptors (Lipinski definition) is 0. The predicted octanol–water partition coefficient (Wildman–Crippen LogP) is 5.05. The van der Waals surface area contributed by atoms with Gasteiger partial charge < -0.3 is 0 Å². The second kappa shape index (κ2) is 6.46. The van der Waals surface area contributed by atoms with E-state index in [1.54, 1.807) is 5.19 Å². The van der Waals surface area contributed by atoms with Crippen molar-refractivity contribution in [1.82, 2.24) is 0 Å². The van der Waals surface area contributed by atoms with Gasteiger partial charge in [-0.15, -0.1) is 0 Å². The first-order valence-corrected chi connectivity index (χ1v) is 13.0. The normalized spacial score (nSPS) is 12.2. The van der Waals surface area contributed by atoms with E-state index >= 15 is 0 Å². The molecule has 2 aromatic carbocycles. The first kappa shape index (κ1) is 16.5. The Balaban J connectivity index is 2.53. The maximum atomic E-state index is 2.48. The van der Waals surface area contributed by atoms with Gasteiger partial charge in [0.2, 0.25) is 0 Å². The van der Waals surface area contributed by atoms with Crippen molar-refractivity contribution < 1.29 is 0 Å². The highest BCUT2D eigenvalue weighted by Crippen LogP contribution is 2.31. The molecule has 0 bridgehead atoms. The number of benzene rings is 2. The maximum absolute atomic E-state index is 2.48. The highest BCUT2D eigenvalue weighted by molar-refractivity contribution is 7.64. The zero-order valence-corrected chi connectivity index (χ0v) is 16.0. The van der Waals surface area contributed by atoms with Gasteiger partial charge in [0.05, 0.1) is 8.07 Å². The average molecular weight is 314 g/mol. The molecule has 0 fully saturated rings. The molecule has 0 atom stereocenters. The maximum Gasteiger partial charge on any atom is 0.0831 e. The molecule has 0 saturated carbocycles. The molecule has 0 aliphatic rings. The summed E-state index contributed by atoms with van der Waals surface area (Å²) in [6.45, 7) is 14.4. The lowest BCUT2D eigenvalue weighted by atomic mass is 10.1. The third-order valence-electron chi connectivity index (χ3n) is 4.75. The molecule has 2 aromatic rings. The van der Waals surface area contributed by atoms with Crippen LogP contribution in [0.15, 0.2) is 48.5 Å². The number of hydrogen-bond donors (Lipinski definition) is 0. The lowest BCUT2D eigenvalue weighted by Crippen LogP contribution is -2.44. The molecule has 0 aromatic heterocycles. The van der Waals surface area contributed by atoms with Crippen molar-refractivity contribution in [1.29, 1.82) is 0 Å². The van der Waals surface area contributed by atoms with Gasteiger partial charge in [0, 0.05) is 0 Å². The Morgan fingerprint density at radius 3 is 2.19 bits per heavy atom. The summed E-state index contributed by atoms with van der Waals surface area (Å²) in [4.78, 5) is 0. The topological polar surface area (TPSA) is 0 Å². The van der Waals surface area contributed by atoms with Crippen molar-refractivity contribution in [3.63, 3.8) is 0 Å². The second-order valence-electron chi connectivity index (χ2n) is 6.87. The van der Waals surface area contributed by atoms with Gasteiger partial charge in [0.15, 0.2) is 0 Å². The summed E-state index contributed by atoms with van der Waals surface area (Å²) in [5, 5.41) is 3.08. The molecule has 0 N–H and O–H groups in total. The smallest absolute Gasteiger partial charge is 0.0810 e. The van der Waals surface area contributed by atoms with Gasteiger partial charge in [0.1, 0.15) is 0 Å². The van der Waals surface area contributed by atoms with Crippen molar-refractivity contribution in [2.24, 2.45) is 0 Å². The van der Waals surface area contributed by atoms with E-state index in [2.05, 4.69) is 88.8 Å². The predicted molar refractivity (Wildman–Crippen MR) is 102 cm³/mol. The monoisotopic (exact) mass is 314 g/mol. The summed E-state index contributed by atoms with van der Waals surface area (Å²) in [5.41, 5.74) is 3.57. The summed E-state index contributed by atoms with van der Waals surface area (Å²) in [6.07, 6.45) is 0.